The second-order valence-electron chi connectivity index (χ2n) is 7.31. The minimum Gasteiger partial charge on any atom is -0.338 e. The van der Waals surface area contributed by atoms with E-state index in [1.165, 1.54) is 9.80 Å². The molecule has 0 bridgehead atoms. The highest BCUT2D eigenvalue weighted by Crippen LogP contribution is 2.31. The van der Waals surface area contributed by atoms with Crippen LogP contribution < -0.4 is 5.32 Å². The fourth-order valence-corrected chi connectivity index (χ4v) is 3.85. The van der Waals surface area contributed by atoms with E-state index in [4.69, 9.17) is 0 Å². The summed E-state index contributed by atoms with van der Waals surface area (Å²) in [6, 6.07) is 11.6. The average molecular weight is 399 g/mol. The van der Waals surface area contributed by atoms with Gasteiger partial charge in [0.05, 0.1) is 12.1 Å². The van der Waals surface area contributed by atoms with Crippen LogP contribution in [0.15, 0.2) is 48.5 Å². The predicted octanol–water partition coefficient (Wildman–Crippen LogP) is 2.69. The van der Waals surface area contributed by atoms with Crippen LogP contribution in [0, 0.1) is 11.6 Å². The van der Waals surface area contributed by atoms with Crippen molar-refractivity contribution in [1.29, 1.82) is 0 Å². The van der Waals surface area contributed by atoms with Crippen LogP contribution in [0.2, 0.25) is 0 Å². The lowest BCUT2D eigenvalue weighted by Crippen LogP contribution is -2.55. The van der Waals surface area contributed by atoms with Crippen LogP contribution in [0.5, 0.6) is 0 Å². The maximum atomic E-state index is 13.9. The summed E-state index contributed by atoms with van der Waals surface area (Å²) >= 11 is 0. The highest BCUT2D eigenvalue weighted by atomic mass is 19.1. The highest BCUT2D eigenvalue weighted by molar-refractivity contribution is 6.07. The van der Waals surface area contributed by atoms with Crippen molar-refractivity contribution in [3.05, 3.63) is 71.3 Å². The predicted molar refractivity (Wildman–Crippen MR) is 99.8 cm³/mol. The van der Waals surface area contributed by atoms with Crippen LogP contribution in [0.1, 0.15) is 28.8 Å². The van der Waals surface area contributed by atoms with Gasteiger partial charge in [0.1, 0.15) is 17.2 Å². The molecule has 0 atom stereocenters. The van der Waals surface area contributed by atoms with E-state index in [1.54, 1.807) is 0 Å². The number of nitrogens with one attached hydrogen (secondary N) is 1. The van der Waals surface area contributed by atoms with E-state index < -0.39 is 29.1 Å². The van der Waals surface area contributed by atoms with E-state index in [0.717, 1.165) is 17.7 Å². The van der Waals surface area contributed by atoms with Crippen LogP contribution in [0.3, 0.4) is 0 Å². The Morgan fingerprint density at radius 3 is 2.38 bits per heavy atom. The molecule has 0 aromatic heterocycles. The molecule has 2 aromatic rings. The Bertz CT molecular complexity index is 972. The fraction of sp³-hybridized carbons (Fsp3) is 0.286. The molecule has 2 aliphatic rings. The summed E-state index contributed by atoms with van der Waals surface area (Å²) in [5, 5.41) is 2.78. The second kappa shape index (κ2) is 7.27. The van der Waals surface area contributed by atoms with E-state index in [-0.39, 0.29) is 43.9 Å². The Morgan fingerprint density at radius 2 is 1.72 bits per heavy atom. The van der Waals surface area contributed by atoms with E-state index in [0.29, 0.717) is 6.07 Å². The quantitative estimate of drug-likeness (QED) is 0.807. The SMILES string of the molecule is O=C(c1ccc(F)cc1F)N1CCC2(CC1)NC(=O)N(Cc1ccccc1)C2=O. The van der Waals surface area contributed by atoms with Crippen LogP contribution in [-0.4, -0.2) is 46.3 Å². The monoisotopic (exact) mass is 399 g/mol. The first kappa shape index (κ1) is 19.0. The molecule has 1 spiro atoms. The number of carbonyl (C=O) groups excluding carboxylic acids is 3. The zero-order valence-corrected chi connectivity index (χ0v) is 15.5. The van der Waals surface area contributed by atoms with Gasteiger partial charge in [-0.15, -0.1) is 0 Å². The smallest absolute Gasteiger partial charge is 0.325 e. The topological polar surface area (TPSA) is 69.7 Å². The standard InChI is InChI=1S/C21H19F2N3O3/c22-15-6-7-16(17(23)12-15)18(27)25-10-8-21(9-11-25)19(28)26(20(29)24-21)13-14-4-2-1-3-5-14/h1-7,12H,8-11,13H2,(H,24,29). The molecular formula is C21H19F2N3O3. The molecule has 2 saturated heterocycles. The Hall–Kier alpha value is -3.29. The highest BCUT2D eigenvalue weighted by Gasteiger charge is 2.52. The number of imide groups is 1. The number of halogens is 2. The number of benzene rings is 2. The van der Waals surface area contributed by atoms with Crippen LogP contribution in [0.25, 0.3) is 0 Å². The average Bonchev–Trinajstić information content (AvgIpc) is 2.93. The molecule has 2 aliphatic heterocycles. The molecule has 150 valence electrons. The lowest BCUT2D eigenvalue weighted by molar-refractivity contribution is -0.133. The summed E-state index contributed by atoms with van der Waals surface area (Å²) < 4.78 is 27.0. The molecule has 2 aromatic carbocycles. The zero-order valence-electron chi connectivity index (χ0n) is 15.5. The third-order valence-electron chi connectivity index (χ3n) is 5.50. The fourth-order valence-electron chi connectivity index (χ4n) is 3.85. The molecule has 0 unspecified atom stereocenters. The normalized spacial score (nSPS) is 18.3. The van der Waals surface area contributed by atoms with Crippen molar-refractivity contribution in [1.82, 2.24) is 15.1 Å². The lowest BCUT2D eigenvalue weighted by atomic mass is 9.87. The largest absolute Gasteiger partial charge is 0.338 e. The molecule has 4 rings (SSSR count). The number of carbonyl (C=O) groups is 3. The molecule has 0 saturated carbocycles. The molecule has 29 heavy (non-hydrogen) atoms. The number of rotatable bonds is 3. The minimum absolute atomic E-state index is 0.177. The zero-order chi connectivity index (χ0) is 20.6. The van der Waals surface area contributed by atoms with Crippen molar-refractivity contribution in [2.45, 2.75) is 24.9 Å². The third kappa shape index (κ3) is 3.46. The van der Waals surface area contributed by atoms with Gasteiger partial charge < -0.3 is 10.2 Å². The summed E-state index contributed by atoms with van der Waals surface area (Å²) in [5.74, 6) is -2.55. The van der Waals surface area contributed by atoms with Crippen molar-refractivity contribution in [2.24, 2.45) is 0 Å². The molecule has 1 N–H and O–H groups in total. The van der Waals surface area contributed by atoms with Gasteiger partial charge in [-0.05, 0) is 30.5 Å². The van der Waals surface area contributed by atoms with Gasteiger partial charge in [-0.25, -0.2) is 13.6 Å². The van der Waals surface area contributed by atoms with Crippen molar-refractivity contribution in [3.63, 3.8) is 0 Å². The maximum Gasteiger partial charge on any atom is 0.325 e. The van der Waals surface area contributed by atoms with Gasteiger partial charge in [-0.3, -0.25) is 14.5 Å². The van der Waals surface area contributed by atoms with Crippen molar-refractivity contribution in [3.8, 4) is 0 Å². The Balaban J connectivity index is 1.45. The third-order valence-corrected chi connectivity index (χ3v) is 5.50. The van der Waals surface area contributed by atoms with Crippen LogP contribution in [-0.2, 0) is 11.3 Å². The van der Waals surface area contributed by atoms with Gasteiger partial charge in [-0.2, -0.15) is 0 Å². The maximum absolute atomic E-state index is 13.9. The lowest BCUT2D eigenvalue weighted by Gasteiger charge is -2.37. The molecule has 2 heterocycles. The molecule has 6 nitrogen and oxygen atoms in total. The summed E-state index contributed by atoms with van der Waals surface area (Å²) in [4.78, 5) is 40.5. The van der Waals surface area contributed by atoms with E-state index in [2.05, 4.69) is 5.32 Å². The van der Waals surface area contributed by atoms with Gasteiger partial charge in [0.2, 0.25) is 0 Å². The summed E-state index contributed by atoms with van der Waals surface area (Å²) in [5.41, 5.74) is -0.424. The number of nitrogens with zero attached hydrogens (tertiary/aromatic N) is 2. The number of piperidine rings is 1. The molecule has 2 fully saturated rings. The number of hydrogen-bond acceptors (Lipinski definition) is 3. The van der Waals surface area contributed by atoms with Crippen molar-refractivity contribution >= 4 is 17.8 Å². The Kier molecular flexibility index (Phi) is 4.77. The summed E-state index contributed by atoms with van der Waals surface area (Å²) in [7, 11) is 0. The van der Waals surface area contributed by atoms with E-state index >= 15 is 0 Å². The Labute approximate surface area is 166 Å². The molecule has 0 aliphatic carbocycles. The number of hydrogen-bond donors (Lipinski definition) is 1. The minimum atomic E-state index is -1.05. The number of likely N-dealkylation sites (tertiary alicyclic amines) is 1. The Morgan fingerprint density at radius 1 is 1.03 bits per heavy atom. The molecule has 8 heteroatoms. The first-order chi connectivity index (χ1) is 13.9. The first-order valence-electron chi connectivity index (χ1n) is 9.32. The van der Waals surface area contributed by atoms with Gasteiger partial charge in [0.15, 0.2) is 0 Å². The van der Waals surface area contributed by atoms with Crippen LogP contribution >= 0.6 is 0 Å². The van der Waals surface area contributed by atoms with Crippen molar-refractivity contribution in [2.75, 3.05) is 13.1 Å². The van der Waals surface area contributed by atoms with Gasteiger partial charge in [-0.1, -0.05) is 30.3 Å². The second-order valence-corrected chi connectivity index (χ2v) is 7.31. The van der Waals surface area contributed by atoms with Gasteiger partial charge >= 0.3 is 6.03 Å². The van der Waals surface area contributed by atoms with Crippen molar-refractivity contribution < 1.29 is 23.2 Å². The van der Waals surface area contributed by atoms with Gasteiger partial charge in [0.25, 0.3) is 11.8 Å². The molecule has 0 radical (unpaired) electrons. The van der Waals surface area contributed by atoms with Gasteiger partial charge in [0, 0.05) is 19.2 Å². The van der Waals surface area contributed by atoms with E-state index in [1.807, 2.05) is 30.3 Å². The van der Waals surface area contributed by atoms with E-state index in [9.17, 15) is 23.2 Å². The summed E-state index contributed by atoms with van der Waals surface area (Å²) in [6.07, 6.45) is 0.467. The molecular weight excluding hydrogens is 380 g/mol. The molecule has 4 amide bonds. The number of amides is 4. The summed E-state index contributed by atoms with van der Waals surface area (Å²) in [6.45, 7) is 0.540. The number of urea groups is 1. The first-order valence-corrected chi connectivity index (χ1v) is 9.32. The van der Waals surface area contributed by atoms with Crippen LogP contribution in [0.4, 0.5) is 13.6 Å².